The van der Waals surface area contributed by atoms with E-state index in [4.69, 9.17) is 0 Å². The van der Waals surface area contributed by atoms with Crippen molar-refractivity contribution in [1.82, 2.24) is 5.32 Å². The summed E-state index contributed by atoms with van der Waals surface area (Å²) in [5.74, 6) is -0.105. The summed E-state index contributed by atoms with van der Waals surface area (Å²) in [6, 6.07) is 5.41. The first-order valence-electron chi connectivity index (χ1n) is 6.08. The van der Waals surface area contributed by atoms with Crippen molar-refractivity contribution in [2.24, 2.45) is 0 Å². The standard InChI is InChI=1S/C14H22N2O2/c1-9-11(13(17)15-5)7-6-8-12(9)16-10(2)14(3,4)18/h6-8,10,16,18H,1-5H3,(H,15,17). The van der Waals surface area contributed by atoms with E-state index in [1.807, 2.05) is 26.0 Å². The minimum atomic E-state index is -0.824. The van der Waals surface area contributed by atoms with Crippen LogP contribution in [0.15, 0.2) is 18.2 Å². The van der Waals surface area contributed by atoms with E-state index in [0.717, 1.165) is 11.3 Å². The van der Waals surface area contributed by atoms with Crippen LogP contribution in [0.25, 0.3) is 0 Å². The van der Waals surface area contributed by atoms with Gasteiger partial charge in [0.15, 0.2) is 0 Å². The van der Waals surface area contributed by atoms with Gasteiger partial charge < -0.3 is 15.7 Å². The number of hydrogen-bond acceptors (Lipinski definition) is 3. The second-order valence-corrected chi connectivity index (χ2v) is 5.08. The molecule has 18 heavy (non-hydrogen) atoms. The molecule has 1 aromatic rings. The lowest BCUT2D eigenvalue weighted by atomic mass is 9.99. The van der Waals surface area contributed by atoms with Crippen molar-refractivity contribution < 1.29 is 9.90 Å². The topological polar surface area (TPSA) is 61.4 Å². The Hall–Kier alpha value is -1.55. The number of carbonyl (C=O) groups excluding carboxylic acids is 1. The molecule has 0 aliphatic heterocycles. The molecule has 0 spiro atoms. The molecule has 1 unspecified atom stereocenters. The number of aliphatic hydroxyl groups is 1. The fourth-order valence-corrected chi connectivity index (χ4v) is 1.58. The molecule has 1 atom stereocenters. The third-order valence-corrected chi connectivity index (χ3v) is 3.24. The molecule has 3 N–H and O–H groups in total. The Balaban J connectivity index is 3.01. The molecule has 4 nitrogen and oxygen atoms in total. The van der Waals surface area contributed by atoms with Crippen molar-refractivity contribution in [2.45, 2.75) is 39.3 Å². The second-order valence-electron chi connectivity index (χ2n) is 5.08. The first kappa shape index (κ1) is 14.5. The van der Waals surface area contributed by atoms with Gasteiger partial charge in [0, 0.05) is 18.3 Å². The Bertz CT molecular complexity index is 436. The zero-order valence-corrected chi connectivity index (χ0v) is 11.7. The zero-order valence-electron chi connectivity index (χ0n) is 11.7. The van der Waals surface area contributed by atoms with Crippen molar-refractivity contribution in [3.63, 3.8) is 0 Å². The number of hydrogen-bond donors (Lipinski definition) is 3. The predicted octanol–water partition coefficient (Wildman–Crippen LogP) is 1.93. The molecule has 0 radical (unpaired) electrons. The molecule has 1 rings (SSSR count). The van der Waals surface area contributed by atoms with E-state index in [1.54, 1.807) is 27.0 Å². The van der Waals surface area contributed by atoms with Gasteiger partial charge in [0.25, 0.3) is 5.91 Å². The number of amides is 1. The number of benzene rings is 1. The Morgan fingerprint density at radius 2 is 2.00 bits per heavy atom. The first-order chi connectivity index (χ1) is 8.27. The molecule has 0 heterocycles. The summed E-state index contributed by atoms with van der Waals surface area (Å²) in [6.07, 6.45) is 0. The lowest BCUT2D eigenvalue weighted by molar-refractivity contribution is 0.0649. The lowest BCUT2D eigenvalue weighted by Gasteiger charge is -2.28. The van der Waals surface area contributed by atoms with Gasteiger partial charge in [0.2, 0.25) is 0 Å². The maximum absolute atomic E-state index is 11.7. The fourth-order valence-electron chi connectivity index (χ4n) is 1.58. The summed E-state index contributed by atoms with van der Waals surface area (Å²) in [5.41, 5.74) is 1.57. The highest BCUT2D eigenvalue weighted by Crippen LogP contribution is 2.22. The van der Waals surface area contributed by atoms with Gasteiger partial charge in [-0.1, -0.05) is 6.07 Å². The van der Waals surface area contributed by atoms with Crippen LogP contribution in [-0.2, 0) is 0 Å². The molecule has 0 bridgehead atoms. The van der Waals surface area contributed by atoms with Crippen molar-refractivity contribution in [3.8, 4) is 0 Å². The summed E-state index contributed by atoms with van der Waals surface area (Å²) < 4.78 is 0. The minimum absolute atomic E-state index is 0.105. The maximum Gasteiger partial charge on any atom is 0.251 e. The van der Waals surface area contributed by atoms with E-state index in [2.05, 4.69) is 10.6 Å². The molecule has 0 aliphatic rings. The Morgan fingerprint density at radius 1 is 1.39 bits per heavy atom. The molecule has 4 heteroatoms. The molecule has 0 saturated heterocycles. The summed E-state index contributed by atoms with van der Waals surface area (Å²) in [5, 5.41) is 15.8. The van der Waals surface area contributed by atoms with Gasteiger partial charge >= 0.3 is 0 Å². The molecule has 0 fully saturated rings. The Labute approximate surface area is 108 Å². The van der Waals surface area contributed by atoms with Crippen molar-refractivity contribution in [1.29, 1.82) is 0 Å². The van der Waals surface area contributed by atoms with Crippen LogP contribution in [0.5, 0.6) is 0 Å². The third-order valence-electron chi connectivity index (χ3n) is 3.24. The normalized spacial score (nSPS) is 13.0. The van der Waals surface area contributed by atoms with Crippen molar-refractivity contribution >= 4 is 11.6 Å². The monoisotopic (exact) mass is 250 g/mol. The average Bonchev–Trinajstić information content (AvgIpc) is 2.29. The van der Waals surface area contributed by atoms with Crippen LogP contribution in [0.3, 0.4) is 0 Å². The molecular weight excluding hydrogens is 228 g/mol. The summed E-state index contributed by atoms with van der Waals surface area (Å²) in [6.45, 7) is 7.31. The quantitative estimate of drug-likeness (QED) is 0.765. The van der Waals surface area contributed by atoms with Gasteiger partial charge in [0.05, 0.1) is 11.6 Å². The van der Waals surface area contributed by atoms with E-state index in [1.165, 1.54) is 0 Å². The highest BCUT2D eigenvalue weighted by Gasteiger charge is 2.23. The van der Waals surface area contributed by atoms with Crippen LogP contribution in [0.1, 0.15) is 36.7 Å². The van der Waals surface area contributed by atoms with Gasteiger partial charge in [-0.2, -0.15) is 0 Å². The van der Waals surface area contributed by atoms with Crippen LogP contribution >= 0.6 is 0 Å². The average molecular weight is 250 g/mol. The SMILES string of the molecule is CNC(=O)c1cccc(NC(C)C(C)(C)O)c1C. The van der Waals surface area contributed by atoms with E-state index >= 15 is 0 Å². The van der Waals surface area contributed by atoms with E-state index in [0.29, 0.717) is 5.56 Å². The maximum atomic E-state index is 11.7. The number of carbonyl (C=O) groups is 1. The van der Waals surface area contributed by atoms with Crippen molar-refractivity contribution in [3.05, 3.63) is 29.3 Å². The molecular formula is C14H22N2O2. The van der Waals surface area contributed by atoms with Crippen LogP contribution in [0.4, 0.5) is 5.69 Å². The number of nitrogens with one attached hydrogen (secondary N) is 2. The predicted molar refractivity (Wildman–Crippen MR) is 74.0 cm³/mol. The second kappa shape index (κ2) is 5.40. The first-order valence-corrected chi connectivity index (χ1v) is 6.08. The molecule has 100 valence electrons. The molecule has 1 amide bonds. The van der Waals surface area contributed by atoms with Gasteiger partial charge in [-0.05, 0) is 45.4 Å². The van der Waals surface area contributed by atoms with E-state index < -0.39 is 5.60 Å². The van der Waals surface area contributed by atoms with Crippen molar-refractivity contribution in [2.75, 3.05) is 12.4 Å². The largest absolute Gasteiger partial charge is 0.388 e. The Morgan fingerprint density at radius 3 is 2.50 bits per heavy atom. The number of rotatable bonds is 4. The van der Waals surface area contributed by atoms with E-state index in [9.17, 15) is 9.90 Å². The highest BCUT2D eigenvalue weighted by molar-refractivity contribution is 5.96. The lowest BCUT2D eigenvalue weighted by Crippen LogP contribution is -2.39. The van der Waals surface area contributed by atoms with Crippen LogP contribution < -0.4 is 10.6 Å². The Kier molecular flexibility index (Phi) is 4.35. The fraction of sp³-hybridized carbons (Fsp3) is 0.500. The van der Waals surface area contributed by atoms with Gasteiger partial charge in [-0.3, -0.25) is 4.79 Å². The minimum Gasteiger partial charge on any atom is -0.388 e. The molecule has 0 aromatic heterocycles. The van der Waals surface area contributed by atoms with Gasteiger partial charge in [0.1, 0.15) is 0 Å². The third kappa shape index (κ3) is 3.23. The van der Waals surface area contributed by atoms with Gasteiger partial charge in [-0.15, -0.1) is 0 Å². The summed E-state index contributed by atoms with van der Waals surface area (Å²) in [4.78, 5) is 11.7. The zero-order chi connectivity index (χ0) is 13.9. The smallest absolute Gasteiger partial charge is 0.251 e. The molecule has 0 aliphatic carbocycles. The number of anilines is 1. The van der Waals surface area contributed by atoms with Gasteiger partial charge in [-0.25, -0.2) is 0 Å². The van der Waals surface area contributed by atoms with Crippen LogP contribution in [0, 0.1) is 6.92 Å². The van der Waals surface area contributed by atoms with Crippen LogP contribution in [0.2, 0.25) is 0 Å². The summed E-state index contributed by atoms with van der Waals surface area (Å²) in [7, 11) is 1.61. The van der Waals surface area contributed by atoms with E-state index in [-0.39, 0.29) is 11.9 Å². The summed E-state index contributed by atoms with van der Waals surface area (Å²) >= 11 is 0. The molecule has 1 aromatic carbocycles. The molecule has 0 saturated carbocycles. The highest BCUT2D eigenvalue weighted by atomic mass is 16.3. The van der Waals surface area contributed by atoms with Crippen LogP contribution in [-0.4, -0.2) is 29.7 Å².